The Bertz CT molecular complexity index is 506. The lowest BCUT2D eigenvalue weighted by Crippen LogP contribution is -2.33. The molecule has 1 N–H and O–H groups in total. The van der Waals surface area contributed by atoms with Crippen LogP contribution < -0.4 is 5.32 Å². The zero-order chi connectivity index (χ0) is 16.0. The van der Waals surface area contributed by atoms with Crippen molar-refractivity contribution < 1.29 is 9.59 Å². The van der Waals surface area contributed by atoms with E-state index in [1.54, 1.807) is 4.90 Å². The third kappa shape index (κ3) is 4.59. The maximum Gasteiger partial charge on any atom is 0.233 e. The fourth-order valence-electron chi connectivity index (χ4n) is 2.35. The van der Waals surface area contributed by atoms with Crippen molar-refractivity contribution in [3.05, 3.63) is 29.3 Å². The third-order valence-electron chi connectivity index (χ3n) is 3.62. The van der Waals surface area contributed by atoms with E-state index in [1.165, 1.54) is 0 Å². The first-order valence-electron chi connectivity index (χ1n) is 7.57. The number of hydrogen-bond acceptors (Lipinski definition) is 2. The van der Waals surface area contributed by atoms with E-state index in [2.05, 4.69) is 19.2 Å². The topological polar surface area (TPSA) is 49.4 Å². The van der Waals surface area contributed by atoms with Crippen molar-refractivity contribution in [1.82, 2.24) is 4.90 Å². The Morgan fingerprint density at radius 1 is 1.19 bits per heavy atom. The first-order chi connectivity index (χ1) is 9.90. The molecule has 21 heavy (non-hydrogen) atoms. The minimum Gasteiger partial charge on any atom is -0.343 e. The number of rotatable bonds is 6. The predicted molar refractivity (Wildman–Crippen MR) is 86.4 cm³/mol. The zero-order valence-electron chi connectivity index (χ0n) is 13.7. The Kier molecular flexibility index (Phi) is 6.40. The second-order valence-corrected chi connectivity index (χ2v) is 5.48. The van der Waals surface area contributed by atoms with E-state index in [1.807, 2.05) is 39.0 Å². The summed E-state index contributed by atoms with van der Waals surface area (Å²) in [5, 5.41) is 2.91. The summed E-state index contributed by atoms with van der Waals surface area (Å²) in [5.74, 6) is -0.0565. The molecule has 2 amide bonds. The normalized spacial score (nSPS) is 10.6. The highest BCUT2D eigenvalue weighted by atomic mass is 16.2. The summed E-state index contributed by atoms with van der Waals surface area (Å²) in [6.45, 7) is 11.2. The second kappa shape index (κ2) is 7.81. The molecule has 1 aromatic rings. The van der Waals surface area contributed by atoms with Gasteiger partial charge in [-0.25, -0.2) is 0 Å². The second-order valence-electron chi connectivity index (χ2n) is 5.48. The molecule has 0 atom stereocenters. The van der Waals surface area contributed by atoms with Crippen molar-refractivity contribution in [2.45, 2.75) is 47.0 Å². The average Bonchev–Trinajstić information content (AvgIpc) is 2.42. The highest BCUT2D eigenvalue weighted by Crippen LogP contribution is 2.27. The molecule has 0 aliphatic heterocycles. The molecule has 0 aliphatic carbocycles. The van der Waals surface area contributed by atoms with E-state index in [0.29, 0.717) is 19.0 Å². The fraction of sp³-hybridized carbons (Fsp3) is 0.529. The van der Waals surface area contributed by atoms with Crippen molar-refractivity contribution in [2.75, 3.05) is 18.4 Å². The standard InChI is InChI=1S/C17H26N2O2/c1-6-19(7-2)16(21)11-15(20)18-17-13(5)9-8-10-14(17)12(3)4/h8-10,12H,6-7,11H2,1-5H3,(H,18,20). The van der Waals surface area contributed by atoms with Crippen LogP contribution in [0.25, 0.3) is 0 Å². The molecule has 0 fully saturated rings. The van der Waals surface area contributed by atoms with Crippen LogP contribution in [0.15, 0.2) is 18.2 Å². The van der Waals surface area contributed by atoms with E-state index in [-0.39, 0.29) is 18.2 Å². The molecule has 0 spiro atoms. The molecule has 0 unspecified atom stereocenters. The molecule has 0 saturated heterocycles. The van der Waals surface area contributed by atoms with Crippen molar-refractivity contribution >= 4 is 17.5 Å². The lowest BCUT2D eigenvalue weighted by Gasteiger charge is -2.19. The number of amides is 2. The minimum atomic E-state index is -0.247. The summed E-state index contributed by atoms with van der Waals surface area (Å²) in [4.78, 5) is 25.8. The zero-order valence-corrected chi connectivity index (χ0v) is 13.7. The average molecular weight is 290 g/mol. The van der Waals surface area contributed by atoms with Crippen LogP contribution in [0.5, 0.6) is 0 Å². The van der Waals surface area contributed by atoms with E-state index in [4.69, 9.17) is 0 Å². The molecule has 4 nitrogen and oxygen atoms in total. The largest absolute Gasteiger partial charge is 0.343 e. The SMILES string of the molecule is CCN(CC)C(=O)CC(=O)Nc1c(C)cccc1C(C)C. The summed E-state index contributed by atoms with van der Waals surface area (Å²) in [6.07, 6.45) is -0.104. The van der Waals surface area contributed by atoms with Gasteiger partial charge in [0, 0.05) is 18.8 Å². The molecule has 0 bridgehead atoms. The Morgan fingerprint density at radius 2 is 1.81 bits per heavy atom. The lowest BCUT2D eigenvalue weighted by molar-refractivity contribution is -0.134. The van der Waals surface area contributed by atoms with E-state index in [9.17, 15) is 9.59 Å². The van der Waals surface area contributed by atoms with Crippen molar-refractivity contribution in [3.8, 4) is 0 Å². The number of hydrogen-bond donors (Lipinski definition) is 1. The number of para-hydroxylation sites is 1. The van der Waals surface area contributed by atoms with Crippen LogP contribution in [0.4, 0.5) is 5.69 Å². The van der Waals surface area contributed by atoms with Crippen molar-refractivity contribution in [3.63, 3.8) is 0 Å². The van der Waals surface area contributed by atoms with Gasteiger partial charge in [-0.2, -0.15) is 0 Å². The van der Waals surface area contributed by atoms with Crippen LogP contribution >= 0.6 is 0 Å². The van der Waals surface area contributed by atoms with Gasteiger partial charge in [-0.15, -0.1) is 0 Å². The van der Waals surface area contributed by atoms with Crippen molar-refractivity contribution in [1.29, 1.82) is 0 Å². The first-order valence-corrected chi connectivity index (χ1v) is 7.57. The number of nitrogens with one attached hydrogen (secondary N) is 1. The number of carbonyl (C=O) groups excluding carboxylic acids is 2. The number of aryl methyl sites for hydroxylation is 1. The molecule has 0 heterocycles. The molecule has 1 aromatic carbocycles. The van der Waals surface area contributed by atoms with Crippen LogP contribution in [0.3, 0.4) is 0 Å². The number of anilines is 1. The van der Waals surface area contributed by atoms with Crippen LogP contribution in [0.1, 0.15) is 51.2 Å². The van der Waals surface area contributed by atoms with Gasteiger partial charge in [-0.05, 0) is 37.8 Å². The summed E-state index contributed by atoms with van der Waals surface area (Å²) >= 11 is 0. The third-order valence-corrected chi connectivity index (χ3v) is 3.62. The maximum atomic E-state index is 12.1. The number of benzene rings is 1. The van der Waals surface area contributed by atoms with Gasteiger partial charge in [-0.1, -0.05) is 32.0 Å². The Morgan fingerprint density at radius 3 is 2.33 bits per heavy atom. The lowest BCUT2D eigenvalue weighted by atomic mass is 9.98. The molecule has 0 aromatic heterocycles. The van der Waals surface area contributed by atoms with Gasteiger partial charge in [0.1, 0.15) is 6.42 Å². The molecule has 1 rings (SSSR count). The van der Waals surface area contributed by atoms with E-state index >= 15 is 0 Å². The van der Waals surface area contributed by atoms with Gasteiger partial charge in [0.2, 0.25) is 11.8 Å². The Hall–Kier alpha value is -1.84. The highest BCUT2D eigenvalue weighted by Gasteiger charge is 2.17. The quantitative estimate of drug-likeness (QED) is 0.817. The monoisotopic (exact) mass is 290 g/mol. The van der Waals surface area contributed by atoms with Gasteiger partial charge in [0.15, 0.2) is 0 Å². The number of nitrogens with zero attached hydrogens (tertiary/aromatic N) is 1. The van der Waals surface area contributed by atoms with Crippen LogP contribution in [0.2, 0.25) is 0 Å². The molecule has 116 valence electrons. The first kappa shape index (κ1) is 17.2. The molecular weight excluding hydrogens is 264 g/mol. The summed E-state index contributed by atoms with van der Waals surface area (Å²) in [5.41, 5.74) is 2.95. The molecule has 0 saturated carbocycles. The Labute approximate surface area is 127 Å². The Balaban J connectivity index is 2.82. The summed E-state index contributed by atoms with van der Waals surface area (Å²) < 4.78 is 0. The maximum absolute atomic E-state index is 12.1. The molecular formula is C17H26N2O2. The van der Waals surface area contributed by atoms with Gasteiger partial charge in [0.05, 0.1) is 0 Å². The smallest absolute Gasteiger partial charge is 0.233 e. The van der Waals surface area contributed by atoms with Crippen molar-refractivity contribution in [2.24, 2.45) is 0 Å². The van der Waals surface area contributed by atoms with Gasteiger partial charge in [0.25, 0.3) is 0 Å². The van der Waals surface area contributed by atoms with Gasteiger partial charge in [-0.3, -0.25) is 9.59 Å². The van der Waals surface area contributed by atoms with Crippen LogP contribution in [-0.2, 0) is 9.59 Å². The molecule has 4 heteroatoms. The summed E-state index contributed by atoms with van der Waals surface area (Å²) in [7, 11) is 0. The highest BCUT2D eigenvalue weighted by molar-refractivity contribution is 6.04. The fourth-order valence-corrected chi connectivity index (χ4v) is 2.35. The van der Waals surface area contributed by atoms with Gasteiger partial charge >= 0.3 is 0 Å². The van der Waals surface area contributed by atoms with E-state index in [0.717, 1.165) is 16.8 Å². The van der Waals surface area contributed by atoms with Crippen LogP contribution in [-0.4, -0.2) is 29.8 Å². The molecule has 0 aliphatic rings. The minimum absolute atomic E-state index is 0.104. The van der Waals surface area contributed by atoms with E-state index < -0.39 is 0 Å². The van der Waals surface area contributed by atoms with Gasteiger partial charge < -0.3 is 10.2 Å². The van der Waals surface area contributed by atoms with Crippen LogP contribution in [0, 0.1) is 6.92 Å². The predicted octanol–water partition coefficient (Wildman–Crippen LogP) is 3.32. The summed E-state index contributed by atoms with van der Waals surface area (Å²) in [6, 6.07) is 5.97. The number of carbonyl (C=O) groups is 2. The molecule has 0 radical (unpaired) electrons.